The molecule has 4 nitrogen and oxygen atoms in total. The molecule has 96 valence electrons. The molecule has 0 spiro atoms. The van der Waals surface area contributed by atoms with Gasteiger partial charge in [-0.3, -0.25) is 4.68 Å². The second kappa shape index (κ2) is 5.89. The summed E-state index contributed by atoms with van der Waals surface area (Å²) in [5.41, 5.74) is 7.85. The largest absolute Gasteiger partial charge is 0.377 e. The highest BCUT2D eigenvalue weighted by Crippen LogP contribution is 2.21. The van der Waals surface area contributed by atoms with Crippen molar-refractivity contribution in [2.24, 2.45) is 5.73 Å². The fourth-order valence-corrected chi connectivity index (χ4v) is 1.98. The lowest BCUT2D eigenvalue weighted by molar-refractivity contribution is 0.658. The van der Waals surface area contributed by atoms with Gasteiger partial charge in [0, 0.05) is 35.6 Å². The van der Waals surface area contributed by atoms with Crippen LogP contribution in [0.5, 0.6) is 0 Å². The molecule has 0 aliphatic rings. The Morgan fingerprint density at radius 2 is 2.33 bits per heavy atom. The molecule has 1 heterocycles. The van der Waals surface area contributed by atoms with E-state index in [0.717, 1.165) is 17.8 Å². The zero-order valence-electron chi connectivity index (χ0n) is 10.3. The third kappa shape index (κ3) is 3.03. The molecule has 0 aliphatic carbocycles. The maximum Gasteiger partial charge on any atom is 0.0667 e. The van der Waals surface area contributed by atoms with E-state index >= 15 is 0 Å². The highest BCUT2D eigenvalue weighted by atomic mass is 35.5. The molecule has 2 aromatic rings. The van der Waals surface area contributed by atoms with Gasteiger partial charge in [-0.05, 0) is 25.1 Å². The van der Waals surface area contributed by atoms with Gasteiger partial charge in [0.05, 0.1) is 12.2 Å². The molecule has 2 rings (SSSR count). The summed E-state index contributed by atoms with van der Waals surface area (Å²) in [6, 6.07) is 7.66. The predicted octanol–water partition coefficient (Wildman–Crippen LogP) is 2.67. The Balaban J connectivity index is 2.14. The van der Waals surface area contributed by atoms with Crippen LogP contribution in [0.15, 0.2) is 36.7 Å². The highest BCUT2D eigenvalue weighted by molar-refractivity contribution is 6.30. The molecule has 0 amide bonds. The van der Waals surface area contributed by atoms with Crippen LogP contribution in [0.4, 0.5) is 5.69 Å². The first-order chi connectivity index (χ1) is 8.72. The number of aromatic nitrogens is 2. The number of hydrogen-bond donors (Lipinski definition) is 2. The molecule has 0 saturated heterocycles. The van der Waals surface area contributed by atoms with Gasteiger partial charge < -0.3 is 11.1 Å². The molecule has 18 heavy (non-hydrogen) atoms. The van der Waals surface area contributed by atoms with Crippen LogP contribution in [-0.2, 0) is 6.54 Å². The number of nitrogens with two attached hydrogens (primary N) is 1. The Morgan fingerprint density at radius 3 is 2.94 bits per heavy atom. The Morgan fingerprint density at radius 1 is 1.50 bits per heavy atom. The van der Waals surface area contributed by atoms with Crippen LogP contribution in [0.2, 0.25) is 5.02 Å². The van der Waals surface area contributed by atoms with Crippen LogP contribution in [0.1, 0.15) is 18.5 Å². The van der Waals surface area contributed by atoms with Gasteiger partial charge >= 0.3 is 0 Å². The standard InChI is InChI=1S/C13H17ClN4/c1-2-18-9-10(8-16-18)13(7-15)17-12-5-3-4-11(14)6-12/h3-6,8-9,13,17H,2,7,15H2,1H3. The lowest BCUT2D eigenvalue weighted by Gasteiger charge is -2.16. The number of nitrogens with zero attached hydrogens (tertiary/aromatic N) is 2. The van der Waals surface area contributed by atoms with Gasteiger partial charge in [-0.15, -0.1) is 0 Å². The van der Waals surface area contributed by atoms with Crippen molar-refractivity contribution in [1.82, 2.24) is 9.78 Å². The quantitative estimate of drug-likeness (QED) is 0.873. The fourth-order valence-electron chi connectivity index (χ4n) is 1.79. The molecule has 0 radical (unpaired) electrons. The minimum absolute atomic E-state index is 0.0452. The smallest absolute Gasteiger partial charge is 0.0667 e. The van der Waals surface area contributed by atoms with Crippen molar-refractivity contribution in [2.45, 2.75) is 19.5 Å². The van der Waals surface area contributed by atoms with Crippen LogP contribution >= 0.6 is 11.6 Å². The second-order valence-corrected chi connectivity index (χ2v) is 4.51. The van der Waals surface area contributed by atoms with Crippen molar-refractivity contribution >= 4 is 17.3 Å². The Hall–Kier alpha value is -1.52. The van der Waals surface area contributed by atoms with Crippen LogP contribution in [0.3, 0.4) is 0 Å². The first-order valence-electron chi connectivity index (χ1n) is 5.97. The molecule has 1 unspecified atom stereocenters. The van der Waals surface area contributed by atoms with Crippen molar-refractivity contribution in [3.05, 3.63) is 47.2 Å². The summed E-state index contributed by atoms with van der Waals surface area (Å²) in [7, 11) is 0. The highest BCUT2D eigenvalue weighted by Gasteiger charge is 2.11. The number of anilines is 1. The normalized spacial score (nSPS) is 12.4. The summed E-state index contributed by atoms with van der Waals surface area (Å²) in [5, 5.41) is 8.33. The molecule has 1 atom stereocenters. The average molecular weight is 265 g/mol. The number of benzene rings is 1. The Kier molecular flexibility index (Phi) is 4.23. The van der Waals surface area contributed by atoms with E-state index in [-0.39, 0.29) is 6.04 Å². The number of aryl methyl sites for hydroxylation is 1. The van der Waals surface area contributed by atoms with Gasteiger partial charge in [0.25, 0.3) is 0 Å². The molecule has 0 fully saturated rings. The third-order valence-corrected chi connectivity index (χ3v) is 3.02. The van der Waals surface area contributed by atoms with Crippen molar-refractivity contribution in [3.8, 4) is 0 Å². The minimum Gasteiger partial charge on any atom is -0.377 e. The maximum absolute atomic E-state index is 5.96. The van der Waals surface area contributed by atoms with E-state index in [0.29, 0.717) is 11.6 Å². The summed E-state index contributed by atoms with van der Waals surface area (Å²) in [4.78, 5) is 0. The van der Waals surface area contributed by atoms with Gasteiger partial charge in [-0.25, -0.2) is 0 Å². The molecule has 1 aromatic carbocycles. The van der Waals surface area contributed by atoms with E-state index in [1.807, 2.05) is 41.3 Å². The van der Waals surface area contributed by atoms with Crippen LogP contribution in [0.25, 0.3) is 0 Å². The van der Waals surface area contributed by atoms with E-state index < -0.39 is 0 Å². The summed E-state index contributed by atoms with van der Waals surface area (Å²) >= 11 is 5.96. The van der Waals surface area contributed by atoms with Gasteiger partial charge in [-0.1, -0.05) is 17.7 Å². The summed E-state index contributed by atoms with van der Waals surface area (Å²) in [6.07, 6.45) is 3.85. The zero-order chi connectivity index (χ0) is 13.0. The molecule has 5 heteroatoms. The van der Waals surface area contributed by atoms with Crippen molar-refractivity contribution < 1.29 is 0 Å². The lowest BCUT2D eigenvalue weighted by Crippen LogP contribution is -2.20. The molecule has 0 bridgehead atoms. The van der Waals surface area contributed by atoms with E-state index in [4.69, 9.17) is 17.3 Å². The molecule has 1 aromatic heterocycles. The number of nitrogens with one attached hydrogen (secondary N) is 1. The maximum atomic E-state index is 5.96. The molecular formula is C13H17ClN4. The van der Waals surface area contributed by atoms with Crippen molar-refractivity contribution in [2.75, 3.05) is 11.9 Å². The van der Waals surface area contributed by atoms with Gasteiger partial charge in [0.1, 0.15) is 0 Å². The first-order valence-corrected chi connectivity index (χ1v) is 6.35. The van der Waals surface area contributed by atoms with Crippen LogP contribution in [-0.4, -0.2) is 16.3 Å². The Bertz CT molecular complexity index is 509. The summed E-state index contributed by atoms with van der Waals surface area (Å²) in [6.45, 7) is 3.41. The first kappa shape index (κ1) is 12.9. The second-order valence-electron chi connectivity index (χ2n) is 4.07. The van der Waals surface area contributed by atoms with Crippen molar-refractivity contribution in [3.63, 3.8) is 0 Å². The van der Waals surface area contributed by atoms with Crippen molar-refractivity contribution in [1.29, 1.82) is 0 Å². The molecule has 0 saturated carbocycles. The Labute approximate surface area is 112 Å². The van der Waals surface area contributed by atoms with Crippen LogP contribution < -0.4 is 11.1 Å². The van der Waals surface area contributed by atoms with E-state index in [1.165, 1.54) is 0 Å². The monoisotopic (exact) mass is 264 g/mol. The topological polar surface area (TPSA) is 55.9 Å². The van der Waals surface area contributed by atoms with Gasteiger partial charge in [0.15, 0.2) is 0 Å². The number of rotatable bonds is 5. The van der Waals surface area contributed by atoms with E-state index in [9.17, 15) is 0 Å². The summed E-state index contributed by atoms with van der Waals surface area (Å²) in [5.74, 6) is 0. The van der Waals surface area contributed by atoms with Gasteiger partial charge in [0.2, 0.25) is 0 Å². The van der Waals surface area contributed by atoms with E-state index in [2.05, 4.69) is 17.3 Å². The number of halogens is 1. The van der Waals surface area contributed by atoms with E-state index in [1.54, 1.807) is 0 Å². The summed E-state index contributed by atoms with van der Waals surface area (Å²) < 4.78 is 1.89. The average Bonchev–Trinajstić information content (AvgIpc) is 2.84. The van der Waals surface area contributed by atoms with Gasteiger partial charge in [-0.2, -0.15) is 5.10 Å². The van der Waals surface area contributed by atoms with Crippen LogP contribution in [0, 0.1) is 0 Å². The lowest BCUT2D eigenvalue weighted by atomic mass is 10.1. The number of hydrogen-bond acceptors (Lipinski definition) is 3. The molecular weight excluding hydrogens is 248 g/mol. The third-order valence-electron chi connectivity index (χ3n) is 2.78. The fraction of sp³-hybridized carbons (Fsp3) is 0.308. The molecule has 0 aliphatic heterocycles. The SMILES string of the molecule is CCn1cc(C(CN)Nc2cccc(Cl)c2)cn1. The zero-order valence-corrected chi connectivity index (χ0v) is 11.1. The minimum atomic E-state index is 0.0452. The predicted molar refractivity (Wildman–Crippen MR) is 74.8 cm³/mol. The molecule has 3 N–H and O–H groups in total.